The minimum Gasteiger partial charge on any atom is -0.358 e. The summed E-state index contributed by atoms with van der Waals surface area (Å²) < 4.78 is 96.2. The van der Waals surface area contributed by atoms with Crippen molar-refractivity contribution < 1.29 is 35.5 Å². The van der Waals surface area contributed by atoms with E-state index in [2.05, 4.69) is 15.2 Å². The van der Waals surface area contributed by atoms with Crippen LogP contribution in [-0.2, 0) is 29.0 Å². The summed E-state index contributed by atoms with van der Waals surface area (Å²) in [6.45, 7) is 4.47. The summed E-state index contributed by atoms with van der Waals surface area (Å²) in [6, 6.07) is 7.14. The smallest absolute Gasteiger partial charge is 0.358 e. The van der Waals surface area contributed by atoms with E-state index >= 15 is 0 Å². The van der Waals surface area contributed by atoms with E-state index in [0.29, 0.717) is 40.2 Å². The number of likely N-dealkylation sites (N-methyl/N-ethyl adjacent to an activating group) is 1. The van der Waals surface area contributed by atoms with Crippen LogP contribution < -0.4 is 10.2 Å². The first-order valence-corrected chi connectivity index (χ1v) is 13.9. The molecule has 1 fully saturated rings. The number of alkyl halides is 6. The Morgan fingerprint density at radius 1 is 0.927 bits per heavy atom. The molecule has 2 heterocycles. The Hall–Kier alpha value is -3.28. The molecule has 220 valence electrons. The third-order valence-corrected chi connectivity index (χ3v) is 8.23. The number of amides is 1. The third-order valence-electron chi connectivity index (χ3n) is 7.28. The number of nitrogens with zero attached hydrogens (tertiary/aromatic N) is 2. The molecule has 0 spiro atoms. The zero-order valence-electron chi connectivity index (χ0n) is 22.5. The van der Waals surface area contributed by atoms with Crippen LogP contribution in [0.1, 0.15) is 34.7 Å². The van der Waals surface area contributed by atoms with Gasteiger partial charge in [-0.3, -0.25) is 4.79 Å². The summed E-state index contributed by atoms with van der Waals surface area (Å²) >= 11 is 1.80. The molecule has 1 aliphatic rings. The number of thioether (sulfide) groups is 1. The van der Waals surface area contributed by atoms with Crippen LogP contribution in [0.4, 0.5) is 36.6 Å². The van der Waals surface area contributed by atoms with Crippen molar-refractivity contribution in [2.45, 2.75) is 38.0 Å². The van der Waals surface area contributed by atoms with Crippen molar-refractivity contribution in [1.82, 2.24) is 10.3 Å². The monoisotopic (exact) mass is 599 g/mol. The number of halogens is 7. The fourth-order valence-corrected chi connectivity index (χ4v) is 5.91. The molecule has 4 nitrogen and oxygen atoms in total. The molecule has 1 saturated heterocycles. The highest BCUT2D eigenvalue weighted by molar-refractivity contribution is 7.99. The molecule has 1 N–H and O–H groups in total. The predicted octanol–water partition coefficient (Wildman–Crippen LogP) is 7.03. The normalized spacial score (nSPS) is 15.9. The summed E-state index contributed by atoms with van der Waals surface area (Å²) in [5.74, 6) is 1.17. The molecule has 2 aromatic carbocycles. The van der Waals surface area contributed by atoms with Gasteiger partial charge < -0.3 is 10.2 Å². The summed E-state index contributed by atoms with van der Waals surface area (Å²) in [6.07, 6.45) is -8.94. The molecule has 12 heteroatoms. The number of nitrogens with one attached hydrogen (secondary N) is 1. The van der Waals surface area contributed by atoms with Gasteiger partial charge in [-0.25, -0.2) is 9.37 Å². The Morgan fingerprint density at radius 2 is 1.51 bits per heavy atom. The van der Waals surface area contributed by atoms with E-state index in [1.165, 1.54) is 32.3 Å². The summed E-state index contributed by atoms with van der Waals surface area (Å²) in [5, 5.41) is 2.40. The molecule has 1 aromatic heterocycles. The number of aromatic nitrogens is 1. The van der Waals surface area contributed by atoms with Gasteiger partial charge >= 0.3 is 12.4 Å². The number of carbonyl (C=O) groups is 1. The first-order valence-electron chi connectivity index (χ1n) is 12.7. The maximum Gasteiger partial charge on any atom is 0.416 e. The van der Waals surface area contributed by atoms with E-state index < -0.39 is 46.2 Å². The van der Waals surface area contributed by atoms with E-state index in [1.54, 1.807) is 30.8 Å². The van der Waals surface area contributed by atoms with Crippen molar-refractivity contribution in [3.05, 3.63) is 82.3 Å². The largest absolute Gasteiger partial charge is 0.416 e. The van der Waals surface area contributed by atoms with E-state index in [9.17, 15) is 35.5 Å². The first-order chi connectivity index (χ1) is 19.1. The number of hydrogen-bond acceptors (Lipinski definition) is 4. The van der Waals surface area contributed by atoms with Crippen LogP contribution in [0, 0.1) is 12.7 Å². The maximum absolute atomic E-state index is 14.0. The van der Waals surface area contributed by atoms with Crippen LogP contribution in [0.15, 0.2) is 48.7 Å². The lowest BCUT2D eigenvalue weighted by atomic mass is 9.74. The molecule has 0 bridgehead atoms. The highest BCUT2D eigenvalue weighted by atomic mass is 32.2. The van der Waals surface area contributed by atoms with Gasteiger partial charge in [0.05, 0.1) is 16.5 Å². The maximum atomic E-state index is 14.0. The van der Waals surface area contributed by atoms with Gasteiger partial charge in [-0.1, -0.05) is 6.07 Å². The Kier molecular flexibility index (Phi) is 8.63. The number of aryl methyl sites for hydroxylation is 1. The first kappa shape index (κ1) is 30.7. The van der Waals surface area contributed by atoms with Crippen molar-refractivity contribution >= 4 is 23.5 Å². The van der Waals surface area contributed by atoms with Gasteiger partial charge in [-0.05, 0) is 84.5 Å². The lowest BCUT2D eigenvalue weighted by Gasteiger charge is -2.32. The molecule has 3 aromatic rings. The molecular formula is C29H28F7N3OS. The summed E-state index contributed by atoms with van der Waals surface area (Å²) in [7, 11) is 1.26. The number of carbonyl (C=O) groups excluding carboxylic acids is 1. The average Bonchev–Trinajstić information content (AvgIpc) is 2.92. The number of anilines is 1. The van der Waals surface area contributed by atoms with Crippen molar-refractivity contribution in [3.8, 4) is 11.1 Å². The van der Waals surface area contributed by atoms with Gasteiger partial charge in [0, 0.05) is 37.8 Å². The molecular weight excluding hydrogens is 571 g/mol. The van der Waals surface area contributed by atoms with Gasteiger partial charge in [0.2, 0.25) is 5.91 Å². The minimum absolute atomic E-state index is 0.0360. The van der Waals surface area contributed by atoms with Crippen molar-refractivity contribution in [2.75, 3.05) is 36.5 Å². The average molecular weight is 600 g/mol. The summed E-state index contributed by atoms with van der Waals surface area (Å²) in [4.78, 5) is 19.9. The Morgan fingerprint density at radius 3 is 2.05 bits per heavy atom. The van der Waals surface area contributed by atoms with Crippen LogP contribution >= 0.6 is 11.8 Å². The highest BCUT2D eigenvalue weighted by Gasteiger charge is 2.42. The molecule has 0 aliphatic carbocycles. The molecule has 0 saturated carbocycles. The van der Waals surface area contributed by atoms with Gasteiger partial charge in [0.15, 0.2) is 0 Å². The molecule has 1 aliphatic heterocycles. The number of benzene rings is 2. The Bertz CT molecular complexity index is 1400. The van der Waals surface area contributed by atoms with Crippen molar-refractivity contribution in [2.24, 2.45) is 0 Å². The predicted molar refractivity (Wildman–Crippen MR) is 145 cm³/mol. The number of rotatable bonds is 6. The lowest BCUT2D eigenvalue weighted by Crippen LogP contribution is -2.43. The van der Waals surface area contributed by atoms with Crippen LogP contribution in [-0.4, -0.2) is 42.5 Å². The van der Waals surface area contributed by atoms with Crippen LogP contribution in [0.3, 0.4) is 0 Å². The minimum atomic E-state index is -5.08. The van der Waals surface area contributed by atoms with Crippen molar-refractivity contribution in [3.63, 3.8) is 0 Å². The molecule has 1 atom stereocenters. The van der Waals surface area contributed by atoms with E-state index in [4.69, 9.17) is 0 Å². The zero-order valence-corrected chi connectivity index (χ0v) is 23.3. The second kappa shape index (κ2) is 11.5. The molecule has 4 rings (SSSR count). The fraction of sp³-hybridized carbons (Fsp3) is 0.379. The van der Waals surface area contributed by atoms with Crippen LogP contribution in [0.5, 0.6) is 0 Å². The Balaban J connectivity index is 1.92. The number of hydrogen-bond donors (Lipinski definition) is 1. The fourth-order valence-electron chi connectivity index (χ4n) is 5.00. The third kappa shape index (κ3) is 6.63. The topological polar surface area (TPSA) is 45.2 Å². The van der Waals surface area contributed by atoms with Gasteiger partial charge in [0.25, 0.3) is 0 Å². The van der Waals surface area contributed by atoms with Gasteiger partial charge in [0.1, 0.15) is 11.6 Å². The lowest BCUT2D eigenvalue weighted by molar-refractivity contribution is -0.143. The SMILES string of the molecule is CNC(=O)C(C)(Cc1cnc(N2CCSCC2)cc1-c1ccc(F)cc1C)c1cc(C(F)(F)F)cc(C(F)(F)F)c1. The summed E-state index contributed by atoms with van der Waals surface area (Å²) in [5.41, 5.74) is -3.18. The van der Waals surface area contributed by atoms with Crippen LogP contribution in [0.2, 0.25) is 0 Å². The molecule has 0 radical (unpaired) electrons. The molecule has 1 unspecified atom stereocenters. The van der Waals surface area contributed by atoms with Crippen LogP contribution in [0.25, 0.3) is 11.1 Å². The second-order valence-corrected chi connectivity index (χ2v) is 11.4. The van der Waals surface area contributed by atoms with Gasteiger partial charge in [-0.2, -0.15) is 38.1 Å². The Labute approximate surface area is 237 Å². The number of pyridine rings is 1. The van der Waals surface area contributed by atoms with E-state index in [1.807, 2.05) is 0 Å². The van der Waals surface area contributed by atoms with E-state index in [-0.39, 0.29) is 12.5 Å². The standard InChI is InChI=1S/C29H28F7N3OS/c1-17-10-22(30)4-5-23(17)24-14-25(39-6-8-41-9-7-39)38-16-18(24)15-27(2,26(40)37-3)19-11-20(28(31,32)33)13-21(12-19)29(34,35)36/h4-5,10-14,16H,6-9,15H2,1-3H3,(H,37,40). The molecule has 41 heavy (non-hydrogen) atoms. The van der Waals surface area contributed by atoms with E-state index in [0.717, 1.165) is 24.6 Å². The quantitative estimate of drug-likeness (QED) is 0.309. The molecule has 1 amide bonds. The zero-order chi connectivity index (χ0) is 30.2. The second-order valence-electron chi connectivity index (χ2n) is 10.1. The van der Waals surface area contributed by atoms with Gasteiger partial charge in [-0.15, -0.1) is 0 Å². The van der Waals surface area contributed by atoms with Crippen molar-refractivity contribution in [1.29, 1.82) is 0 Å². The highest BCUT2D eigenvalue weighted by Crippen LogP contribution is 2.41.